The molecule has 10 atom stereocenters. The van der Waals surface area contributed by atoms with Gasteiger partial charge in [0.2, 0.25) is 0 Å². The van der Waals surface area contributed by atoms with Crippen LogP contribution in [-0.4, -0.2) is 103 Å². The van der Waals surface area contributed by atoms with Crippen molar-refractivity contribution in [3.05, 3.63) is 35.2 Å². The molecule has 6 N–H and O–H groups in total. The van der Waals surface area contributed by atoms with Crippen LogP contribution in [-0.2, 0) is 36.7 Å². The first-order valence-corrected chi connectivity index (χ1v) is 17.8. The van der Waals surface area contributed by atoms with Crippen molar-refractivity contribution in [3.8, 4) is 0 Å². The maximum Gasteiger partial charge on any atom is 0.472 e. The second-order valence-corrected chi connectivity index (χ2v) is 14.3. The fraction of sp³-hybridized carbons (Fsp3) is 0.565. The molecule has 7 rings (SSSR count). The number of fused-ring (bicyclic) bond motifs is 5. The number of phosphoric ester groups is 2. The first kappa shape index (κ1) is 32.7. The lowest BCUT2D eigenvalue weighted by Crippen LogP contribution is -2.36. The first-order chi connectivity index (χ1) is 22.4. The number of nitrogens with one attached hydrogen (secondary N) is 1. The van der Waals surface area contributed by atoms with Gasteiger partial charge < -0.3 is 35.1 Å². The number of rotatable bonds is 4. The third-order valence-electron chi connectivity index (χ3n) is 8.07. The molecular formula is C23H29N9O12P2S. The number of aryl methyl sites for hydroxylation is 1. The van der Waals surface area contributed by atoms with E-state index < -0.39 is 83.3 Å². The molecule has 3 aliphatic heterocycles. The molecule has 0 spiro atoms. The average Bonchev–Trinajstić information content (AvgIpc) is 3.76. The van der Waals surface area contributed by atoms with Gasteiger partial charge in [0.25, 0.3) is 5.56 Å². The molecule has 3 saturated heterocycles. The highest BCUT2D eigenvalue weighted by molar-refractivity contribution is 7.80. The van der Waals surface area contributed by atoms with Crippen LogP contribution in [0.5, 0.6) is 0 Å². The van der Waals surface area contributed by atoms with E-state index in [9.17, 15) is 28.8 Å². The standard InChI is InChI=1S/C23H29N9O12P2S/c1-9-29-20-14(21(34)30-9)28-8-32(20)23-16-10(2-3-47)11(41-23)4-39-46(37,38)44-17-12(5-40-45(35,36)43-16)42-22(15(17)33)31-7-27-13-18(24)25-6-26-19(13)31/h6-8,10-12,15-17,22-23,33,47H,2-5H2,1H3,(H,35,36)(H,37,38)(H2,24,25,26)(H,29,30,34)/t10?,11-,12-,15?,16+,17+,22-,23-/m1/s1. The monoisotopic (exact) mass is 717 g/mol. The summed E-state index contributed by atoms with van der Waals surface area (Å²) in [6, 6.07) is 0. The van der Waals surface area contributed by atoms with Crippen molar-refractivity contribution in [2.24, 2.45) is 5.92 Å². The Kier molecular flexibility index (Phi) is 8.51. The second-order valence-electron chi connectivity index (χ2n) is 11.0. The quantitative estimate of drug-likeness (QED) is 0.119. The van der Waals surface area contributed by atoms with E-state index in [1.807, 2.05) is 0 Å². The Morgan fingerprint density at radius 3 is 2.32 bits per heavy atom. The highest BCUT2D eigenvalue weighted by Crippen LogP contribution is 2.55. The van der Waals surface area contributed by atoms with E-state index in [0.717, 1.165) is 0 Å². The summed E-state index contributed by atoms with van der Waals surface area (Å²) in [5, 5.41) is 11.2. The predicted molar refractivity (Wildman–Crippen MR) is 160 cm³/mol. The van der Waals surface area contributed by atoms with Crippen molar-refractivity contribution in [3.63, 3.8) is 0 Å². The van der Waals surface area contributed by atoms with E-state index in [1.54, 1.807) is 6.92 Å². The summed E-state index contributed by atoms with van der Waals surface area (Å²) in [5.41, 5.74) is 5.80. The zero-order valence-corrected chi connectivity index (χ0v) is 26.9. The molecule has 47 heavy (non-hydrogen) atoms. The summed E-state index contributed by atoms with van der Waals surface area (Å²) < 4.78 is 63.4. The normalized spacial score (nSPS) is 36.6. The fourth-order valence-electron chi connectivity index (χ4n) is 5.99. The Bertz CT molecular complexity index is 1980. The molecule has 0 aromatic carbocycles. The molecular weight excluding hydrogens is 688 g/mol. The molecule has 0 amide bonds. The number of aromatic nitrogens is 8. The van der Waals surface area contributed by atoms with Crippen molar-refractivity contribution in [1.29, 1.82) is 0 Å². The van der Waals surface area contributed by atoms with Gasteiger partial charge in [-0.3, -0.25) is 32.0 Å². The van der Waals surface area contributed by atoms with Crippen LogP contribution in [0.25, 0.3) is 22.3 Å². The van der Waals surface area contributed by atoms with E-state index >= 15 is 0 Å². The molecule has 7 heterocycles. The number of thiol groups is 1. The van der Waals surface area contributed by atoms with E-state index in [4.69, 9.17) is 33.3 Å². The van der Waals surface area contributed by atoms with Gasteiger partial charge in [-0.1, -0.05) is 0 Å². The van der Waals surface area contributed by atoms with Crippen LogP contribution in [0.4, 0.5) is 5.82 Å². The molecule has 0 radical (unpaired) electrons. The number of H-pyrrole nitrogens is 1. The van der Waals surface area contributed by atoms with Gasteiger partial charge in [-0.2, -0.15) is 12.6 Å². The fourth-order valence-corrected chi connectivity index (χ4v) is 8.22. The van der Waals surface area contributed by atoms with Gasteiger partial charge in [0, 0.05) is 5.92 Å². The van der Waals surface area contributed by atoms with Crippen LogP contribution < -0.4 is 11.3 Å². The maximum atomic E-state index is 13.5. The number of aromatic amines is 1. The van der Waals surface area contributed by atoms with Crippen LogP contribution in [0, 0.1) is 12.8 Å². The first-order valence-electron chi connectivity index (χ1n) is 14.1. The van der Waals surface area contributed by atoms with Gasteiger partial charge >= 0.3 is 15.6 Å². The number of hydrogen-bond acceptors (Lipinski definition) is 17. The SMILES string of the molecule is Cc1nc2c(ncn2[C@@H]2O[C@@H]3COP(=O)(O)O[C@@H]4C(O)[C@H](n5cnc6c(N)ncnc65)O[C@@H]4COP(=O)(O)O[C@H]2C3CCS)c(=O)[nH]1. The molecule has 3 aliphatic rings. The Hall–Kier alpha value is -2.85. The summed E-state index contributed by atoms with van der Waals surface area (Å²) in [6.07, 6.45) is -5.58. The zero-order chi connectivity index (χ0) is 33.2. The van der Waals surface area contributed by atoms with Crippen molar-refractivity contribution < 1.29 is 51.6 Å². The number of nitrogens with two attached hydrogens (primary N) is 1. The van der Waals surface area contributed by atoms with Crippen molar-refractivity contribution >= 4 is 56.4 Å². The summed E-state index contributed by atoms with van der Waals surface area (Å²) in [7, 11) is -9.95. The molecule has 4 unspecified atom stereocenters. The smallest absolute Gasteiger partial charge is 0.386 e. The number of aliphatic hydroxyl groups excluding tert-OH is 1. The zero-order valence-electron chi connectivity index (χ0n) is 24.2. The topological polar surface area (TPSA) is 283 Å². The van der Waals surface area contributed by atoms with Crippen molar-refractivity contribution in [2.75, 3.05) is 24.7 Å². The lowest BCUT2D eigenvalue weighted by atomic mass is 9.95. The Balaban J connectivity index is 1.23. The molecule has 254 valence electrons. The minimum Gasteiger partial charge on any atom is -0.386 e. The summed E-state index contributed by atoms with van der Waals surface area (Å²) >= 11 is 4.30. The van der Waals surface area contributed by atoms with Crippen molar-refractivity contribution in [1.82, 2.24) is 39.0 Å². The van der Waals surface area contributed by atoms with Crippen LogP contribution in [0.1, 0.15) is 24.7 Å². The predicted octanol–water partition coefficient (Wildman–Crippen LogP) is -0.0401. The minimum absolute atomic E-state index is 0.0214. The third-order valence-corrected chi connectivity index (χ3v) is 10.3. The van der Waals surface area contributed by atoms with E-state index in [0.29, 0.717) is 0 Å². The largest absolute Gasteiger partial charge is 0.472 e. The van der Waals surface area contributed by atoms with E-state index in [2.05, 4.69) is 42.5 Å². The molecule has 21 nitrogen and oxygen atoms in total. The average molecular weight is 718 g/mol. The Morgan fingerprint density at radius 1 is 0.957 bits per heavy atom. The molecule has 24 heteroatoms. The number of hydrogen-bond donors (Lipinski definition) is 6. The van der Waals surface area contributed by atoms with Gasteiger partial charge in [-0.05, 0) is 19.1 Å². The molecule has 4 aromatic rings. The van der Waals surface area contributed by atoms with Crippen LogP contribution in [0.3, 0.4) is 0 Å². The Labute approximate surface area is 269 Å². The number of nitrogens with zero attached hydrogens (tertiary/aromatic N) is 7. The molecule has 2 bridgehead atoms. The van der Waals surface area contributed by atoms with Crippen LogP contribution >= 0.6 is 28.3 Å². The van der Waals surface area contributed by atoms with E-state index in [-0.39, 0.29) is 46.1 Å². The number of phosphoric acid groups is 2. The number of ether oxygens (including phenoxy) is 2. The van der Waals surface area contributed by atoms with Gasteiger partial charge in [0.15, 0.2) is 35.1 Å². The molecule has 0 aliphatic carbocycles. The summed E-state index contributed by atoms with van der Waals surface area (Å²) in [6.45, 7) is 0.255. The molecule has 0 saturated carbocycles. The number of anilines is 1. The lowest BCUT2D eigenvalue weighted by Gasteiger charge is -2.26. The van der Waals surface area contributed by atoms with Gasteiger partial charge in [0.1, 0.15) is 42.1 Å². The number of aliphatic hydroxyl groups is 1. The summed E-state index contributed by atoms with van der Waals surface area (Å²) in [4.78, 5) is 57.4. The minimum atomic E-state index is -4.98. The highest BCUT2D eigenvalue weighted by Gasteiger charge is 2.54. The van der Waals surface area contributed by atoms with Crippen LogP contribution in [0.2, 0.25) is 0 Å². The van der Waals surface area contributed by atoms with Crippen molar-refractivity contribution in [2.45, 2.75) is 56.3 Å². The van der Waals surface area contributed by atoms with Crippen LogP contribution in [0.15, 0.2) is 23.8 Å². The van der Waals surface area contributed by atoms with Gasteiger partial charge in [0.05, 0.1) is 32.0 Å². The van der Waals surface area contributed by atoms with E-state index in [1.165, 1.54) is 28.1 Å². The van der Waals surface area contributed by atoms with Gasteiger partial charge in [-0.15, -0.1) is 0 Å². The third kappa shape index (κ3) is 6.02. The number of nitrogen functional groups attached to an aromatic ring is 1. The van der Waals surface area contributed by atoms with Gasteiger partial charge in [-0.25, -0.2) is 34.0 Å². The molecule has 3 fully saturated rings. The second kappa shape index (κ2) is 12.2. The Morgan fingerprint density at radius 2 is 1.60 bits per heavy atom. The molecule has 4 aromatic heterocycles. The highest BCUT2D eigenvalue weighted by atomic mass is 32.1. The lowest BCUT2D eigenvalue weighted by molar-refractivity contribution is -0.0671. The number of imidazole rings is 2. The maximum absolute atomic E-state index is 13.5. The summed E-state index contributed by atoms with van der Waals surface area (Å²) in [5.74, 6) is -0.164.